The molecule has 2 heterocycles. The van der Waals surface area contributed by atoms with Gasteiger partial charge in [0.25, 0.3) is 0 Å². The van der Waals surface area contributed by atoms with Crippen LogP contribution in [-0.4, -0.2) is 35.1 Å². The molecule has 106 valence electrons. The van der Waals surface area contributed by atoms with Gasteiger partial charge in [0.15, 0.2) is 0 Å². The molecule has 1 fully saturated rings. The molecule has 1 aliphatic rings. The van der Waals surface area contributed by atoms with E-state index in [2.05, 4.69) is 41.0 Å². The summed E-state index contributed by atoms with van der Waals surface area (Å²) in [5, 5.41) is 3.61. The Bertz CT molecular complexity index is 411. The van der Waals surface area contributed by atoms with E-state index in [-0.39, 0.29) is 5.54 Å². The van der Waals surface area contributed by atoms with Crippen molar-refractivity contribution in [3.05, 3.63) is 18.0 Å². The van der Waals surface area contributed by atoms with Crippen molar-refractivity contribution >= 4 is 5.95 Å². The molecule has 1 aromatic heterocycles. The minimum absolute atomic E-state index is 0.197. The Morgan fingerprint density at radius 1 is 1.42 bits per heavy atom. The largest absolute Gasteiger partial charge is 0.340 e. The van der Waals surface area contributed by atoms with Gasteiger partial charge in [-0.15, -0.1) is 0 Å². The zero-order valence-electron chi connectivity index (χ0n) is 12.6. The van der Waals surface area contributed by atoms with E-state index in [1.54, 1.807) is 0 Å². The number of aromatic nitrogens is 2. The first-order valence-electron chi connectivity index (χ1n) is 7.24. The van der Waals surface area contributed by atoms with Crippen LogP contribution in [0.1, 0.15) is 39.3 Å². The van der Waals surface area contributed by atoms with Gasteiger partial charge in [-0.25, -0.2) is 9.97 Å². The zero-order chi connectivity index (χ0) is 13.9. The van der Waals surface area contributed by atoms with Crippen molar-refractivity contribution in [2.24, 2.45) is 5.92 Å². The van der Waals surface area contributed by atoms with E-state index in [9.17, 15) is 0 Å². The van der Waals surface area contributed by atoms with Crippen LogP contribution >= 0.6 is 0 Å². The molecule has 2 rings (SSSR count). The number of hydrogen-bond donors (Lipinski definition) is 1. The van der Waals surface area contributed by atoms with Gasteiger partial charge in [-0.05, 0) is 52.5 Å². The van der Waals surface area contributed by atoms with Crippen LogP contribution in [-0.2, 0) is 0 Å². The smallest absolute Gasteiger partial charge is 0.225 e. The molecule has 1 unspecified atom stereocenters. The topological polar surface area (TPSA) is 41.1 Å². The molecule has 19 heavy (non-hydrogen) atoms. The molecule has 0 spiro atoms. The molecule has 1 aromatic rings. The highest BCUT2D eigenvalue weighted by Crippen LogP contribution is 2.20. The third-order valence-corrected chi connectivity index (χ3v) is 3.50. The molecule has 0 aromatic carbocycles. The van der Waals surface area contributed by atoms with Crippen molar-refractivity contribution in [1.82, 2.24) is 15.3 Å². The van der Waals surface area contributed by atoms with Crippen molar-refractivity contribution in [1.29, 1.82) is 0 Å². The first-order valence-corrected chi connectivity index (χ1v) is 7.24. The van der Waals surface area contributed by atoms with Gasteiger partial charge >= 0.3 is 0 Å². The van der Waals surface area contributed by atoms with E-state index in [4.69, 9.17) is 0 Å². The zero-order valence-corrected chi connectivity index (χ0v) is 12.6. The van der Waals surface area contributed by atoms with E-state index < -0.39 is 0 Å². The molecule has 0 saturated carbocycles. The average Bonchev–Trinajstić information content (AvgIpc) is 2.36. The maximum Gasteiger partial charge on any atom is 0.225 e. The molecular weight excluding hydrogens is 236 g/mol. The Morgan fingerprint density at radius 3 is 2.89 bits per heavy atom. The molecule has 0 amide bonds. The second-order valence-corrected chi connectivity index (χ2v) is 6.58. The second-order valence-electron chi connectivity index (χ2n) is 6.58. The number of anilines is 1. The number of aryl methyl sites for hydroxylation is 1. The summed E-state index contributed by atoms with van der Waals surface area (Å²) < 4.78 is 0. The molecular formula is C15H26N4. The Kier molecular flexibility index (Phi) is 4.40. The normalized spacial score (nSPS) is 20.6. The lowest BCUT2D eigenvalue weighted by atomic mass is 9.97. The van der Waals surface area contributed by atoms with Crippen LogP contribution in [0.4, 0.5) is 5.95 Å². The standard InChI is InChI=1S/C15H26N4/c1-12-7-8-16-14(18-12)19-9-5-6-13(11-19)10-17-15(2,3)4/h7-8,13,17H,5-6,9-11H2,1-4H3. The fourth-order valence-electron chi connectivity index (χ4n) is 2.45. The van der Waals surface area contributed by atoms with Gasteiger partial charge in [-0.1, -0.05) is 0 Å². The number of nitrogens with one attached hydrogen (secondary N) is 1. The van der Waals surface area contributed by atoms with Gasteiger partial charge in [0.05, 0.1) is 0 Å². The van der Waals surface area contributed by atoms with Crippen LogP contribution in [0.3, 0.4) is 0 Å². The molecule has 1 atom stereocenters. The molecule has 1 saturated heterocycles. The average molecular weight is 262 g/mol. The van der Waals surface area contributed by atoms with Crippen LogP contribution < -0.4 is 10.2 Å². The molecule has 0 aliphatic carbocycles. The fraction of sp³-hybridized carbons (Fsp3) is 0.733. The Morgan fingerprint density at radius 2 is 2.21 bits per heavy atom. The SMILES string of the molecule is Cc1ccnc(N2CCCC(CNC(C)(C)C)C2)n1. The Hall–Kier alpha value is -1.16. The monoisotopic (exact) mass is 262 g/mol. The summed E-state index contributed by atoms with van der Waals surface area (Å²) >= 11 is 0. The Labute approximate surface area is 116 Å². The highest BCUT2D eigenvalue weighted by Gasteiger charge is 2.23. The lowest BCUT2D eigenvalue weighted by Gasteiger charge is -2.34. The van der Waals surface area contributed by atoms with Crippen LogP contribution in [0.25, 0.3) is 0 Å². The van der Waals surface area contributed by atoms with Crippen LogP contribution in [0.5, 0.6) is 0 Å². The maximum atomic E-state index is 4.53. The van der Waals surface area contributed by atoms with Gasteiger partial charge in [-0.2, -0.15) is 0 Å². The minimum atomic E-state index is 0.197. The summed E-state index contributed by atoms with van der Waals surface area (Å²) in [6, 6.07) is 1.95. The molecule has 0 bridgehead atoms. The summed E-state index contributed by atoms with van der Waals surface area (Å²) in [5.74, 6) is 1.58. The van der Waals surface area contributed by atoms with Crippen molar-refractivity contribution in [3.8, 4) is 0 Å². The van der Waals surface area contributed by atoms with Gasteiger partial charge in [-0.3, -0.25) is 0 Å². The van der Waals surface area contributed by atoms with E-state index in [0.717, 1.165) is 31.3 Å². The van der Waals surface area contributed by atoms with Crippen LogP contribution in [0.15, 0.2) is 12.3 Å². The number of hydrogen-bond acceptors (Lipinski definition) is 4. The lowest BCUT2D eigenvalue weighted by molar-refractivity contribution is 0.334. The Balaban J connectivity index is 1.94. The van der Waals surface area contributed by atoms with Gasteiger partial charge in [0, 0.05) is 37.1 Å². The number of rotatable bonds is 3. The highest BCUT2D eigenvalue weighted by molar-refractivity contribution is 5.30. The third-order valence-electron chi connectivity index (χ3n) is 3.50. The van der Waals surface area contributed by atoms with Crippen molar-refractivity contribution < 1.29 is 0 Å². The number of piperidine rings is 1. The van der Waals surface area contributed by atoms with Gasteiger partial charge in [0.2, 0.25) is 5.95 Å². The first-order chi connectivity index (χ1) is 8.94. The highest BCUT2D eigenvalue weighted by atomic mass is 15.3. The molecule has 1 aliphatic heterocycles. The van der Waals surface area contributed by atoms with Crippen molar-refractivity contribution in [3.63, 3.8) is 0 Å². The summed E-state index contributed by atoms with van der Waals surface area (Å²) in [4.78, 5) is 11.3. The minimum Gasteiger partial charge on any atom is -0.340 e. The molecule has 0 radical (unpaired) electrons. The van der Waals surface area contributed by atoms with Crippen LogP contribution in [0.2, 0.25) is 0 Å². The third kappa shape index (κ3) is 4.46. The van der Waals surface area contributed by atoms with Crippen molar-refractivity contribution in [2.75, 3.05) is 24.5 Å². The van der Waals surface area contributed by atoms with E-state index >= 15 is 0 Å². The molecule has 4 heteroatoms. The molecule has 4 nitrogen and oxygen atoms in total. The first kappa shape index (κ1) is 14.3. The van der Waals surface area contributed by atoms with Crippen molar-refractivity contribution in [2.45, 2.75) is 46.1 Å². The molecule has 1 N–H and O–H groups in total. The summed E-state index contributed by atoms with van der Waals surface area (Å²) in [6.45, 7) is 11.9. The predicted octanol–water partition coefficient (Wildman–Crippen LogP) is 2.39. The van der Waals surface area contributed by atoms with Gasteiger partial charge in [0.1, 0.15) is 0 Å². The predicted molar refractivity (Wildman–Crippen MR) is 79.5 cm³/mol. The quantitative estimate of drug-likeness (QED) is 0.908. The van der Waals surface area contributed by atoms with E-state index in [1.165, 1.54) is 12.8 Å². The van der Waals surface area contributed by atoms with Crippen LogP contribution in [0, 0.1) is 12.8 Å². The lowest BCUT2D eigenvalue weighted by Crippen LogP contribution is -2.45. The second kappa shape index (κ2) is 5.87. The fourth-order valence-corrected chi connectivity index (χ4v) is 2.45. The maximum absolute atomic E-state index is 4.53. The summed E-state index contributed by atoms with van der Waals surface area (Å²) in [6.07, 6.45) is 4.38. The van der Waals surface area contributed by atoms with E-state index in [0.29, 0.717) is 5.92 Å². The number of nitrogens with zero attached hydrogens (tertiary/aromatic N) is 3. The summed E-state index contributed by atoms with van der Waals surface area (Å²) in [7, 11) is 0. The van der Waals surface area contributed by atoms with Gasteiger partial charge < -0.3 is 10.2 Å². The summed E-state index contributed by atoms with van der Waals surface area (Å²) in [5.41, 5.74) is 1.24. The van der Waals surface area contributed by atoms with E-state index in [1.807, 2.05) is 19.2 Å².